The normalized spacial score (nSPS) is 12.6. The molecule has 0 fully saturated rings. The number of benzene rings is 3. The van der Waals surface area contributed by atoms with Crippen molar-refractivity contribution in [2.45, 2.75) is 19.6 Å². The van der Waals surface area contributed by atoms with Gasteiger partial charge >= 0.3 is 14.1 Å². The number of ether oxygens (including phenoxy) is 1. The van der Waals surface area contributed by atoms with Crippen molar-refractivity contribution in [2.75, 3.05) is 0 Å². The molecule has 7 heteroatoms. The number of hydrogen-bond acceptors (Lipinski definition) is 5. The highest BCUT2D eigenvalue weighted by atomic mass is 35.5. The van der Waals surface area contributed by atoms with Gasteiger partial charge in [-0.1, -0.05) is 77.0 Å². The molecule has 0 saturated heterocycles. The highest BCUT2D eigenvalue weighted by Gasteiger charge is 2.20. The lowest BCUT2D eigenvalue weighted by molar-refractivity contribution is -0.169. The van der Waals surface area contributed by atoms with E-state index in [1.54, 1.807) is 6.07 Å². The van der Waals surface area contributed by atoms with Gasteiger partial charge in [-0.05, 0) is 23.9 Å². The van der Waals surface area contributed by atoms with Gasteiger partial charge in [0.25, 0.3) is 0 Å². The summed E-state index contributed by atoms with van der Waals surface area (Å²) in [6.07, 6.45) is 0. The quantitative estimate of drug-likeness (QED) is 0.437. The van der Waals surface area contributed by atoms with Crippen LogP contribution in [0.1, 0.15) is 12.5 Å². The first-order valence-electron chi connectivity index (χ1n) is 8.28. The summed E-state index contributed by atoms with van der Waals surface area (Å²) in [5.41, 5.74) is 0.862. The summed E-state index contributed by atoms with van der Waals surface area (Å²) in [5, 5.41) is 1.95. The molecule has 5 nitrogen and oxygen atoms in total. The molecule has 3 rings (SSSR count). The highest BCUT2D eigenvalue weighted by Crippen LogP contribution is 2.37. The number of esters is 1. The van der Waals surface area contributed by atoms with Crippen LogP contribution in [0.4, 0.5) is 0 Å². The minimum absolute atomic E-state index is 0.131. The van der Waals surface area contributed by atoms with Crippen LogP contribution in [0.2, 0.25) is 5.02 Å². The Bertz CT molecular complexity index is 978. The van der Waals surface area contributed by atoms with Crippen LogP contribution in [-0.4, -0.2) is 12.0 Å². The number of rotatable bonds is 6. The molecule has 0 heterocycles. The van der Waals surface area contributed by atoms with Gasteiger partial charge in [0.2, 0.25) is 5.75 Å². The lowest BCUT2D eigenvalue weighted by Gasteiger charge is -2.08. The zero-order valence-corrected chi connectivity index (χ0v) is 16.2. The van der Waals surface area contributed by atoms with Gasteiger partial charge in [0.15, 0.2) is 6.04 Å². The summed E-state index contributed by atoms with van der Waals surface area (Å²) in [5.74, 6) is -0.292. The zero-order chi connectivity index (χ0) is 19.2. The summed E-state index contributed by atoms with van der Waals surface area (Å²) >= 11 is 6.18. The van der Waals surface area contributed by atoms with Gasteiger partial charge in [-0.2, -0.15) is 0 Å². The molecule has 0 aliphatic heterocycles. The molecule has 0 saturated carbocycles. The SMILES string of the molecule is CC(N=[P+]([O-])Oc1c(Cl)ccc2ccccc12)C(=O)OCc1ccccc1. The van der Waals surface area contributed by atoms with Gasteiger partial charge in [-0.25, -0.2) is 4.79 Å². The van der Waals surface area contributed by atoms with Crippen LogP contribution in [0.15, 0.2) is 71.5 Å². The maximum Gasteiger partial charge on any atom is 0.395 e. The van der Waals surface area contributed by atoms with E-state index in [9.17, 15) is 9.69 Å². The summed E-state index contributed by atoms with van der Waals surface area (Å²) in [7, 11) is -2.49. The van der Waals surface area contributed by atoms with E-state index in [1.807, 2.05) is 60.7 Å². The Kier molecular flexibility index (Phi) is 6.40. The van der Waals surface area contributed by atoms with Crippen LogP contribution >= 0.6 is 19.8 Å². The van der Waals surface area contributed by atoms with Crippen LogP contribution in [0.3, 0.4) is 0 Å². The number of hydrogen-bond donors (Lipinski definition) is 0. The van der Waals surface area contributed by atoms with Gasteiger partial charge in [-0.15, -0.1) is 0 Å². The number of halogens is 1. The lowest BCUT2D eigenvalue weighted by Crippen LogP contribution is -2.18. The van der Waals surface area contributed by atoms with E-state index in [0.717, 1.165) is 16.3 Å². The molecule has 0 aromatic heterocycles. The average Bonchev–Trinajstić information content (AvgIpc) is 2.69. The molecular formula is C20H17ClNO4P. The summed E-state index contributed by atoms with van der Waals surface area (Å²) in [6.45, 7) is 1.64. The van der Waals surface area contributed by atoms with Crippen LogP contribution in [0, 0.1) is 0 Å². The third kappa shape index (κ3) is 5.04. The van der Waals surface area contributed by atoms with E-state index in [-0.39, 0.29) is 12.4 Å². The molecule has 3 aromatic rings. The van der Waals surface area contributed by atoms with Crippen LogP contribution in [0.5, 0.6) is 5.75 Å². The Morgan fingerprint density at radius 3 is 2.59 bits per heavy atom. The standard InChI is InChI=1S/C20H17ClNO4P/c1-14(20(23)25-13-15-7-3-2-4-8-15)22-27(24)26-19-17-10-6-5-9-16(17)11-12-18(19)21/h2-12,14H,13H2,1H3. The predicted octanol–water partition coefficient (Wildman–Crippen LogP) is 4.86. The Morgan fingerprint density at radius 2 is 1.81 bits per heavy atom. The zero-order valence-electron chi connectivity index (χ0n) is 14.5. The van der Waals surface area contributed by atoms with Crippen molar-refractivity contribution >= 4 is 36.5 Å². The molecule has 0 aliphatic carbocycles. The Balaban J connectivity index is 1.68. The second kappa shape index (κ2) is 8.96. The molecule has 0 N–H and O–H groups in total. The van der Waals surface area contributed by atoms with Crippen molar-refractivity contribution in [3.05, 3.63) is 77.3 Å². The van der Waals surface area contributed by atoms with E-state index in [0.29, 0.717) is 5.02 Å². The number of carbonyl (C=O) groups excluding carboxylic acids is 1. The Labute approximate surface area is 163 Å². The van der Waals surface area contributed by atoms with Crippen molar-refractivity contribution in [1.82, 2.24) is 0 Å². The molecule has 2 atom stereocenters. The minimum Gasteiger partial charge on any atom is -0.575 e. The Hall–Kier alpha value is -2.46. The van der Waals surface area contributed by atoms with E-state index in [2.05, 4.69) is 4.74 Å². The summed E-state index contributed by atoms with van der Waals surface area (Å²) < 4.78 is 14.5. The third-order valence-electron chi connectivity index (χ3n) is 3.83. The van der Waals surface area contributed by atoms with Crippen LogP contribution in [-0.2, 0) is 16.1 Å². The fraction of sp³-hybridized carbons (Fsp3) is 0.150. The number of fused-ring (bicyclic) bond motifs is 1. The van der Waals surface area contributed by atoms with Crippen molar-refractivity contribution in [3.63, 3.8) is 0 Å². The monoisotopic (exact) mass is 401 g/mol. The van der Waals surface area contributed by atoms with Crippen LogP contribution in [0.25, 0.3) is 10.8 Å². The third-order valence-corrected chi connectivity index (χ3v) is 5.00. The first-order chi connectivity index (χ1) is 13.0. The fourth-order valence-electron chi connectivity index (χ4n) is 2.45. The molecule has 3 aromatic carbocycles. The van der Waals surface area contributed by atoms with E-state index >= 15 is 0 Å². The van der Waals surface area contributed by atoms with Gasteiger partial charge in [0.05, 0.1) is 5.02 Å². The predicted molar refractivity (Wildman–Crippen MR) is 105 cm³/mol. The smallest absolute Gasteiger partial charge is 0.395 e. The highest BCUT2D eigenvalue weighted by molar-refractivity contribution is 7.34. The molecule has 2 unspecified atom stereocenters. The van der Waals surface area contributed by atoms with Crippen LogP contribution < -0.4 is 9.42 Å². The molecular weight excluding hydrogens is 385 g/mol. The topological polar surface area (TPSA) is 71.0 Å². The molecule has 27 heavy (non-hydrogen) atoms. The minimum atomic E-state index is -2.49. The van der Waals surface area contributed by atoms with E-state index in [1.165, 1.54) is 6.92 Å². The first kappa shape index (κ1) is 19.3. The maximum atomic E-state index is 12.3. The van der Waals surface area contributed by atoms with Gasteiger partial charge in [0.1, 0.15) is 6.61 Å². The molecule has 0 aliphatic rings. The summed E-state index contributed by atoms with van der Waals surface area (Å²) in [6, 6.07) is 19.3. The van der Waals surface area contributed by atoms with E-state index in [4.69, 9.17) is 20.9 Å². The fourth-order valence-corrected chi connectivity index (χ4v) is 3.48. The molecule has 0 bridgehead atoms. The van der Waals surface area contributed by atoms with Crippen molar-refractivity contribution < 1.29 is 18.9 Å². The largest absolute Gasteiger partial charge is 0.575 e. The number of nitrogens with zero attached hydrogens (tertiary/aromatic N) is 1. The second-order valence-corrected chi connectivity index (χ2v) is 7.11. The number of carbonyl (C=O) groups is 1. The average molecular weight is 402 g/mol. The van der Waals surface area contributed by atoms with Crippen molar-refractivity contribution in [3.8, 4) is 5.75 Å². The molecule has 0 radical (unpaired) electrons. The molecule has 138 valence electrons. The van der Waals surface area contributed by atoms with E-state index < -0.39 is 20.2 Å². The lowest BCUT2D eigenvalue weighted by atomic mass is 10.1. The van der Waals surface area contributed by atoms with Gasteiger partial charge < -0.3 is 9.63 Å². The van der Waals surface area contributed by atoms with Gasteiger partial charge in [-0.3, -0.25) is 4.52 Å². The van der Waals surface area contributed by atoms with Crippen molar-refractivity contribution in [1.29, 1.82) is 0 Å². The second-order valence-electron chi connectivity index (χ2n) is 5.81. The summed E-state index contributed by atoms with van der Waals surface area (Å²) in [4.78, 5) is 24.3. The van der Waals surface area contributed by atoms with Crippen molar-refractivity contribution in [2.24, 2.45) is 4.74 Å². The first-order valence-corrected chi connectivity index (χ1v) is 9.79. The van der Waals surface area contributed by atoms with Gasteiger partial charge in [0, 0.05) is 5.39 Å². The molecule has 0 spiro atoms. The maximum absolute atomic E-state index is 12.3. The molecule has 0 amide bonds. The Morgan fingerprint density at radius 1 is 1.11 bits per heavy atom.